The second-order valence-electron chi connectivity index (χ2n) is 11.1. The molecule has 1 N–H and O–H groups in total. The first kappa shape index (κ1) is 26.9. The molecule has 1 saturated heterocycles. The van der Waals surface area contributed by atoms with Crippen LogP contribution in [0.5, 0.6) is 0 Å². The van der Waals surface area contributed by atoms with Crippen LogP contribution in [0.2, 0.25) is 5.02 Å². The number of amides is 1. The minimum Gasteiger partial charge on any atom is -0.440 e. The van der Waals surface area contributed by atoms with Crippen LogP contribution in [-0.4, -0.2) is 49.4 Å². The number of nitrogens with one attached hydrogen (secondary N) is 1. The lowest BCUT2D eigenvalue weighted by Gasteiger charge is -2.30. The van der Waals surface area contributed by atoms with E-state index in [0.717, 1.165) is 42.5 Å². The predicted molar refractivity (Wildman–Crippen MR) is 154 cm³/mol. The Morgan fingerprint density at radius 3 is 2.33 bits per heavy atom. The number of aromatic nitrogens is 1. The number of carbonyl (C=O) groups excluding carboxylic acids is 1. The van der Waals surface area contributed by atoms with Crippen molar-refractivity contribution in [3.8, 4) is 28.8 Å². The first-order chi connectivity index (χ1) is 19.3. The minimum absolute atomic E-state index is 0.0884. The van der Waals surface area contributed by atoms with Gasteiger partial charge in [-0.15, -0.1) is 0 Å². The number of carbonyl (C=O) groups is 1. The number of rotatable bonds is 6. The molecule has 2 saturated carbocycles. The van der Waals surface area contributed by atoms with Crippen molar-refractivity contribution in [1.82, 2.24) is 10.3 Å². The molecule has 1 aromatic heterocycles. The summed E-state index contributed by atoms with van der Waals surface area (Å²) in [5.74, 6) is 0.901. The molecular formula is C30H31ClN4O4S. The summed E-state index contributed by atoms with van der Waals surface area (Å²) >= 11 is 6.12. The summed E-state index contributed by atoms with van der Waals surface area (Å²) in [6, 6.07) is 17.5. The molecule has 208 valence electrons. The van der Waals surface area contributed by atoms with E-state index in [0.29, 0.717) is 48.3 Å². The smallest absolute Gasteiger partial charge is 0.226 e. The third kappa shape index (κ3) is 5.48. The van der Waals surface area contributed by atoms with Crippen molar-refractivity contribution in [2.75, 3.05) is 29.5 Å². The molecule has 2 heterocycles. The standard InChI is InChI=1S/C30H31ClN4O4S/c31-22-9-5-21(6-10-22)29-33-26(20-7-11-23(12-8-20)35-15-17-40(37,38)18-16-35)27(39-29)24-3-1-2-4-25(24)28(36)34-30(19-32)13-14-30/h5-12,24-25H,1-4,13-18H2,(H,34,36). The van der Waals surface area contributed by atoms with E-state index in [2.05, 4.69) is 16.3 Å². The molecule has 2 atom stereocenters. The Morgan fingerprint density at radius 1 is 1.02 bits per heavy atom. The molecule has 40 heavy (non-hydrogen) atoms. The third-order valence-corrected chi connectivity index (χ3v) is 10.2. The van der Waals surface area contributed by atoms with Gasteiger partial charge in [-0.3, -0.25) is 4.79 Å². The molecule has 3 fully saturated rings. The highest BCUT2D eigenvalue weighted by molar-refractivity contribution is 7.91. The first-order valence-corrected chi connectivity index (χ1v) is 16.0. The molecule has 3 aliphatic rings. The van der Waals surface area contributed by atoms with E-state index in [1.54, 1.807) is 12.1 Å². The monoisotopic (exact) mass is 578 g/mol. The molecule has 2 unspecified atom stereocenters. The Morgan fingerprint density at radius 2 is 1.68 bits per heavy atom. The van der Waals surface area contributed by atoms with Crippen LogP contribution in [0.4, 0.5) is 5.69 Å². The molecule has 0 radical (unpaired) electrons. The average Bonchev–Trinajstić information content (AvgIpc) is 3.60. The van der Waals surface area contributed by atoms with Crippen molar-refractivity contribution in [2.24, 2.45) is 5.92 Å². The molecule has 3 aromatic rings. The van der Waals surface area contributed by atoms with Crippen molar-refractivity contribution in [1.29, 1.82) is 5.26 Å². The van der Waals surface area contributed by atoms with E-state index in [1.165, 1.54) is 0 Å². The summed E-state index contributed by atoms with van der Waals surface area (Å²) in [5, 5.41) is 13.2. The Hall–Kier alpha value is -3.35. The van der Waals surface area contributed by atoms with Gasteiger partial charge in [-0.25, -0.2) is 13.4 Å². The van der Waals surface area contributed by atoms with Gasteiger partial charge in [0.05, 0.1) is 17.6 Å². The lowest BCUT2D eigenvalue weighted by Crippen LogP contribution is -2.42. The first-order valence-electron chi connectivity index (χ1n) is 13.8. The summed E-state index contributed by atoms with van der Waals surface area (Å²) in [6.07, 6.45) is 4.82. The number of nitrogens with zero attached hydrogens (tertiary/aromatic N) is 3. The number of anilines is 1. The fourth-order valence-electron chi connectivity index (χ4n) is 5.78. The van der Waals surface area contributed by atoms with Crippen molar-refractivity contribution < 1.29 is 17.6 Å². The quantitative estimate of drug-likeness (QED) is 0.419. The van der Waals surface area contributed by atoms with Crippen LogP contribution in [-0.2, 0) is 14.6 Å². The molecule has 2 aromatic carbocycles. The molecule has 8 nitrogen and oxygen atoms in total. The highest BCUT2D eigenvalue weighted by Crippen LogP contribution is 2.45. The normalized spacial score (nSPS) is 23.2. The highest BCUT2D eigenvalue weighted by Gasteiger charge is 2.47. The van der Waals surface area contributed by atoms with Gasteiger partial charge >= 0.3 is 0 Å². The van der Waals surface area contributed by atoms with Gasteiger partial charge in [0.25, 0.3) is 0 Å². The van der Waals surface area contributed by atoms with Gasteiger partial charge in [0.15, 0.2) is 9.84 Å². The maximum absolute atomic E-state index is 13.4. The molecule has 0 spiro atoms. The number of benzene rings is 2. The fourth-order valence-corrected chi connectivity index (χ4v) is 7.11. The van der Waals surface area contributed by atoms with E-state index in [1.807, 2.05) is 36.4 Å². The van der Waals surface area contributed by atoms with Crippen molar-refractivity contribution in [2.45, 2.75) is 50.0 Å². The number of hydrogen-bond acceptors (Lipinski definition) is 7. The molecule has 0 bridgehead atoms. The molecule has 2 aliphatic carbocycles. The lowest BCUT2D eigenvalue weighted by molar-refractivity contribution is -0.127. The second kappa shape index (κ2) is 10.6. The van der Waals surface area contributed by atoms with E-state index < -0.39 is 15.4 Å². The summed E-state index contributed by atoms with van der Waals surface area (Å²) in [7, 11) is -2.96. The molecule has 6 rings (SSSR count). The summed E-state index contributed by atoms with van der Waals surface area (Å²) in [4.78, 5) is 20.4. The summed E-state index contributed by atoms with van der Waals surface area (Å²) in [6.45, 7) is 0.946. The number of halogens is 1. The zero-order chi connectivity index (χ0) is 27.9. The Labute approximate surface area is 239 Å². The van der Waals surface area contributed by atoms with Gasteiger partial charge in [-0.2, -0.15) is 5.26 Å². The zero-order valence-corrected chi connectivity index (χ0v) is 23.7. The van der Waals surface area contributed by atoms with Crippen LogP contribution < -0.4 is 10.2 Å². The van der Waals surface area contributed by atoms with E-state index in [-0.39, 0.29) is 29.2 Å². The van der Waals surface area contributed by atoms with Crippen LogP contribution in [0.1, 0.15) is 50.2 Å². The maximum Gasteiger partial charge on any atom is 0.226 e. The predicted octanol–water partition coefficient (Wildman–Crippen LogP) is 5.34. The van der Waals surface area contributed by atoms with E-state index in [9.17, 15) is 18.5 Å². The number of oxazole rings is 1. The van der Waals surface area contributed by atoms with Crippen LogP contribution >= 0.6 is 11.6 Å². The van der Waals surface area contributed by atoms with Gasteiger partial charge in [0.2, 0.25) is 11.8 Å². The molecular weight excluding hydrogens is 548 g/mol. The summed E-state index contributed by atoms with van der Waals surface area (Å²) < 4.78 is 30.2. The largest absolute Gasteiger partial charge is 0.440 e. The average molecular weight is 579 g/mol. The van der Waals surface area contributed by atoms with Gasteiger partial charge in [0, 0.05) is 46.8 Å². The van der Waals surface area contributed by atoms with E-state index in [4.69, 9.17) is 21.0 Å². The van der Waals surface area contributed by atoms with E-state index >= 15 is 0 Å². The SMILES string of the molecule is N#CC1(NC(=O)C2CCCCC2c2oc(-c3ccc(Cl)cc3)nc2-c2ccc(N3CCS(=O)(=O)CC3)cc2)CC1. The van der Waals surface area contributed by atoms with Gasteiger partial charge < -0.3 is 14.6 Å². The van der Waals surface area contributed by atoms with Crippen LogP contribution in [0.15, 0.2) is 52.9 Å². The fraction of sp³-hybridized carbons (Fsp3) is 0.433. The van der Waals surface area contributed by atoms with Crippen molar-refractivity contribution in [3.05, 3.63) is 59.3 Å². The van der Waals surface area contributed by atoms with Crippen molar-refractivity contribution >= 4 is 33.0 Å². The Balaban J connectivity index is 1.35. The van der Waals surface area contributed by atoms with Gasteiger partial charge in [0.1, 0.15) is 17.0 Å². The van der Waals surface area contributed by atoms with Crippen LogP contribution in [0, 0.1) is 17.2 Å². The summed E-state index contributed by atoms with van der Waals surface area (Å²) in [5.41, 5.74) is 2.60. The molecule has 10 heteroatoms. The van der Waals surface area contributed by atoms with Crippen LogP contribution in [0.3, 0.4) is 0 Å². The minimum atomic E-state index is -2.96. The van der Waals surface area contributed by atoms with Crippen LogP contribution in [0.25, 0.3) is 22.7 Å². The molecule has 1 aliphatic heterocycles. The highest BCUT2D eigenvalue weighted by atomic mass is 35.5. The van der Waals surface area contributed by atoms with Gasteiger partial charge in [-0.1, -0.05) is 36.6 Å². The Bertz CT molecular complexity index is 1540. The number of sulfone groups is 1. The topological polar surface area (TPSA) is 116 Å². The number of hydrogen-bond donors (Lipinski definition) is 1. The maximum atomic E-state index is 13.4. The zero-order valence-electron chi connectivity index (χ0n) is 22.1. The number of nitriles is 1. The lowest BCUT2D eigenvalue weighted by atomic mass is 9.76. The van der Waals surface area contributed by atoms with Gasteiger partial charge in [-0.05, 0) is 62.1 Å². The second-order valence-corrected chi connectivity index (χ2v) is 13.8. The molecule has 1 amide bonds. The third-order valence-electron chi connectivity index (χ3n) is 8.36. The Kier molecular flexibility index (Phi) is 7.09. The van der Waals surface area contributed by atoms with Crippen molar-refractivity contribution in [3.63, 3.8) is 0 Å².